The van der Waals surface area contributed by atoms with Crippen molar-refractivity contribution in [2.24, 2.45) is 0 Å². The third kappa shape index (κ3) is 3.91. The molecule has 3 amide bonds. The average Bonchev–Trinajstić information content (AvgIpc) is 3.24. The first-order valence-corrected chi connectivity index (χ1v) is 12.6. The Kier molecular flexibility index (Phi) is 6.18. The molecule has 3 heterocycles. The quantitative estimate of drug-likeness (QED) is 0.643. The van der Waals surface area contributed by atoms with Crippen LogP contribution >= 0.6 is 0 Å². The molecular formula is C26H36N4O4. The minimum atomic E-state index is -0.399. The molecule has 3 N–H and O–H groups in total. The molecule has 1 aromatic carbocycles. The third-order valence-corrected chi connectivity index (χ3v) is 8.27. The smallest absolute Gasteiger partial charge is 0.317 e. The van der Waals surface area contributed by atoms with Gasteiger partial charge in [-0.2, -0.15) is 0 Å². The molecule has 1 aromatic heterocycles. The highest BCUT2D eigenvalue weighted by atomic mass is 16.5. The number of likely N-dealkylation sites (tertiary alicyclic amines) is 1. The van der Waals surface area contributed by atoms with E-state index < -0.39 is 6.04 Å². The number of aromatic amines is 1. The number of nitrogens with zero attached hydrogens (tertiary/aromatic N) is 2. The summed E-state index contributed by atoms with van der Waals surface area (Å²) in [5.74, 6) is 0.719. The van der Waals surface area contributed by atoms with Crippen molar-refractivity contribution in [2.75, 3.05) is 33.4 Å². The maximum absolute atomic E-state index is 13.0. The molecule has 1 saturated heterocycles. The highest BCUT2D eigenvalue weighted by Crippen LogP contribution is 2.49. The molecule has 1 aliphatic carbocycles. The number of carbonyl (C=O) groups is 2. The number of urea groups is 1. The van der Waals surface area contributed by atoms with E-state index in [-0.39, 0.29) is 24.0 Å². The summed E-state index contributed by atoms with van der Waals surface area (Å²) in [6.07, 6.45) is 7.34. The minimum absolute atomic E-state index is 0.0399. The fourth-order valence-corrected chi connectivity index (χ4v) is 6.40. The molecule has 8 nitrogen and oxygen atoms in total. The van der Waals surface area contributed by atoms with Crippen LogP contribution in [0.15, 0.2) is 18.2 Å². The van der Waals surface area contributed by atoms with Crippen LogP contribution in [0.25, 0.3) is 10.9 Å². The van der Waals surface area contributed by atoms with Gasteiger partial charge in [-0.05, 0) is 43.4 Å². The number of nitrogens with one attached hydrogen (secondary N) is 2. The van der Waals surface area contributed by atoms with Crippen LogP contribution in [0.4, 0.5) is 4.79 Å². The summed E-state index contributed by atoms with van der Waals surface area (Å²) in [5, 5.41) is 14.6. The van der Waals surface area contributed by atoms with E-state index >= 15 is 0 Å². The molecule has 2 aromatic rings. The summed E-state index contributed by atoms with van der Waals surface area (Å²) in [6, 6.07) is 5.94. The lowest BCUT2D eigenvalue weighted by Crippen LogP contribution is -2.57. The summed E-state index contributed by atoms with van der Waals surface area (Å²) in [5.41, 5.74) is 2.78. The van der Waals surface area contributed by atoms with Gasteiger partial charge in [-0.3, -0.25) is 4.79 Å². The number of piperidine rings is 1. The van der Waals surface area contributed by atoms with Gasteiger partial charge in [0.25, 0.3) is 0 Å². The summed E-state index contributed by atoms with van der Waals surface area (Å²) < 4.78 is 5.42. The van der Waals surface area contributed by atoms with Crippen molar-refractivity contribution in [3.05, 3.63) is 29.5 Å². The van der Waals surface area contributed by atoms with Crippen LogP contribution in [-0.4, -0.2) is 71.2 Å². The fraction of sp³-hybridized carbons (Fsp3) is 0.615. The summed E-state index contributed by atoms with van der Waals surface area (Å²) in [7, 11) is 1.65. The number of aliphatic hydroxyl groups is 1. The Hall–Kier alpha value is -2.74. The van der Waals surface area contributed by atoms with E-state index in [0.717, 1.165) is 48.0 Å². The molecule has 1 spiro atoms. The van der Waals surface area contributed by atoms with Crippen molar-refractivity contribution in [3.63, 3.8) is 0 Å². The predicted molar refractivity (Wildman–Crippen MR) is 130 cm³/mol. The Morgan fingerprint density at radius 1 is 1.21 bits per heavy atom. The van der Waals surface area contributed by atoms with Crippen LogP contribution in [0.1, 0.15) is 69.2 Å². The number of amides is 3. The van der Waals surface area contributed by atoms with Gasteiger partial charge in [0.2, 0.25) is 5.91 Å². The maximum Gasteiger partial charge on any atom is 0.317 e. The van der Waals surface area contributed by atoms with Crippen molar-refractivity contribution in [1.82, 2.24) is 20.1 Å². The average molecular weight is 469 g/mol. The molecule has 8 heteroatoms. The summed E-state index contributed by atoms with van der Waals surface area (Å²) >= 11 is 0. The van der Waals surface area contributed by atoms with Gasteiger partial charge in [-0.15, -0.1) is 0 Å². The van der Waals surface area contributed by atoms with Gasteiger partial charge in [0, 0.05) is 60.7 Å². The third-order valence-electron chi connectivity index (χ3n) is 8.27. The Balaban J connectivity index is 1.45. The van der Waals surface area contributed by atoms with E-state index in [0.29, 0.717) is 25.7 Å². The van der Waals surface area contributed by atoms with Gasteiger partial charge in [-0.1, -0.05) is 19.3 Å². The molecule has 0 radical (unpaired) electrons. The topological polar surface area (TPSA) is 97.9 Å². The first-order valence-electron chi connectivity index (χ1n) is 12.6. The molecule has 1 saturated carbocycles. The zero-order valence-electron chi connectivity index (χ0n) is 20.2. The predicted octanol–water partition coefficient (Wildman–Crippen LogP) is 3.45. The second kappa shape index (κ2) is 9.13. The lowest BCUT2D eigenvalue weighted by Gasteiger charge is -2.50. The van der Waals surface area contributed by atoms with Crippen LogP contribution in [0.2, 0.25) is 0 Å². The molecule has 2 aliphatic heterocycles. The van der Waals surface area contributed by atoms with Crippen LogP contribution < -0.4 is 10.1 Å². The van der Waals surface area contributed by atoms with Crippen molar-refractivity contribution < 1.29 is 19.4 Å². The number of ether oxygens (including phenoxy) is 1. The number of aliphatic hydroxyl groups excluding tert-OH is 1. The van der Waals surface area contributed by atoms with Crippen LogP contribution in [0.3, 0.4) is 0 Å². The van der Waals surface area contributed by atoms with E-state index in [1.54, 1.807) is 18.9 Å². The van der Waals surface area contributed by atoms with Crippen LogP contribution in [0.5, 0.6) is 5.75 Å². The van der Waals surface area contributed by atoms with Gasteiger partial charge in [-0.25, -0.2) is 4.79 Å². The van der Waals surface area contributed by atoms with Gasteiger partial charge >= 0.3 is 6.03 Å². The molecule has 1 atom stereocenters. The van der Waals surface area contributed by atoms with E-state index in [1.165, 1.54) is 24.8 Å². The van der Waals surface area contributed by atoms with Gasteiger partial charge < -0.3 is 29.9 Å². The minimum Gasteiger partial charge on any atom is -0.497 e. The molecule has 0 bridgehead atoms. The number of hydrogen-bond donors (Lipinski definition) is 3. The monoisotopic (exact) mass is 468 g/mol. The molecule has 5 rings (SSSR count). The second-order valence-corrected chi connectivity index (χ2v) is 10.2. The van der Waals surface area contributed by atoms with Crippen molar-refractivity contribution >= 4 is 22.8 Å². The van der Waals surface area contributed by atoms with E-state index in [9.17, 15) is 14.7 Å². The second-order valence-electron chi connectivity index (χ2n) is 10.2. The largest absolute Gasteiger partial charge is 0.497 e. The van der Waals surface area contributed by atoms with E-state index in [2.05, 4.69) is 16.4 Å². The van der Waals surface area contributed by atoms with Crippen molar-refractivity contribution in [2.45, 2.75) is 69.4 Å². The number of H-pyrrole nitrogens is 1. The normalized spacial score (nSPS) is 22.6. The molecule has 184 valence electrons. The first-order chi connectivity index (χ1) is 16.5. The van der Waals surface area contributed by atoms with Gasteiger partial charge in [0.1, 0.15) is 5.75 Å². The van der Waals surface area contributed by atoms with Crippen LogP contribution in [-0.2, 0) is 10.2 Å². The SMILES string of the molecule is COc1ccc2c3c([nH]c2c1)[C@H](CO)N(C(C)=O)CC31CCN(C(=O)NC2CCCCC2)CC1. The Morgan fingerprint density at radius 2 is 1.94 bits per heavy atom. The zero-order valence-corrected chi connectivity index (χ0v) is 20.2. The molecule has 0 unspecified atom stereocenters. The lowest BCUT2D eigenvalue weighted by molar-refractivity contribution is -0.134. The van der Waals surface area contributed by atoms with Crippen LogP contribution in [0, 0.1) is 0 Å². The molecular weight excluding hydrogens is 432 g/mol. The first kappa shape index (κ1) is 23.0. The Morgan fingerprint density at radius 3 is 2.59 bits per heavy atom. The fourth-order valence-electron chi connectivity index (χ4n) is 6.40. The lowest BCUT2D eigenvalue weighted by atomic mass is 9.68. The zero-order chi connectivity index (χ0) is 23.9. The Bertz CT molecular complexity index is 1070. The highest BCUT2D eigenvalue weighted by Gasteiger charge is 2.48. The molecule has 3 aliphatic rings. The van der Waals surface area contributed by atoms with Crippen molar-refractivity contribution in [1.29, 1.82) is 0 Å². The van der Waals surface area contributed by atoms with Gasteiger partial charge in [0.05, 0.1) is 19.8 Å². The van der Waals surface area contributed by atoms with E-state index in [4.69, 9.17) is 4.74 Å². The number of methoxy groups -OCH3 is 1. The maximum atomic E-state index is 13.0. The van der Waals surface area contributed by atoms with E-state index in [1.807, 2.05) is 17.0 Å². The van der Waals surface area contributed by atoms with Gasteiger partial charge in [0.15, 0.2) is 0 Å². The number of hydrogen-bond acceptors (Lipinski definition) is 4. The van der Waals surface area contributed by atoms with Crippen molar-refractivity contribution in [3.8, 4) is 5.75 Å². The number of aromatic nitrogens is 1. The number of rotatable bonds is 3. The molecule has 34 heavy (non-hydrogen) atoms. The summed E-state index contributed by atoms with van der Waals surface area (Å²) in [6.45, 7) is 3.28. The number of benzene rings is 1. The number of fused-ring (bicyclic) bond motifs is 4. The number of carbonyl (C=O) groups excluding carboxylic acids is 2. The highest BCUT2D eigenvalue weighted by molar-refractivity contribution is 5.88. The standard InChI is InChI=1S/C26H36N4O4/c1-17(32)30-16-26(10-12-29(13-11-26)25(33)27-18-6-4-3-5-7-18)23-20-9-8-19(34-2)14-21(20)28-24(23)22(30)15-31/h8-9,14,18,22,28,31H,3-7,10-13,15-16H2,1-2H3,(H,27,33)/t22-/m0/s1. The Labute approximate surface area is 200 Å². The summed E-state index contributed by atoms with van der Waals surface area (Å²) in [4.78, 5) is 32.8. The molecule has 2 fully saturated rings.